The summed E-state index contributed by atoms with van der Waals surface area (Å²) in [6.07, 6.45) is 4.23. The lowest BCUT2D eigenvalue weighted by molar-refractivity contribution is 0.457. The third-order valence-corrected chi connectivity index (χ3v) is 4.71. The summed E-state index contributed by atoms with van der Waals surface area (Å²) in [5, 5.41) is 0. The van der Waals surface area contributed by atoms with Crippen LogP contribution in [0.1, 0.15) is 25.7 Å². The van der Waals surface area contributed by atoms with Crippen molar-refractivity contribution in [3.63, 3.8) is 0 Å². The van der Waals surface area contributed by atoms with E-state index in [0.717, 1.165) is 25.7 Å². The molecule has 2 aliphatic rings. The van der Waals surface area contributed by atoms with Crippen molar-refractivity contribution in [1.29, 1.82) is 0 Å². The van der Waals surface area contributed by atoms with E-state index in [1.54, 1.807) is 0 Å². The largest absolute Gasteiger partial charge is 0.326 e. The topological polar surface area (TPSA) is 75.4 Å². The zero-order valence-corrected chi connectivity index (χ0v) is 9.67. The molecular formula is C9H19N3O2S. The Hall–Kier alpha value is -0.170. The van der Waals surface area contributed by atoms with Crippen molar-refractivity contribution in [2.24, 2.45) is 11.7 Å². The van der Waals surface area contributed by atoms with Crippen LogP contribution in [0.3, 0.4) is 0 Å². The summed E-state index contributed by atoms with van der Waals surface area (Å²) in [4.78, 5) is 0. The Labute approximate surface area is 91.2 Å². The van der Waals surface area contributed by atoms with Crippen molar-refractivity contribution in [3.8, 4) is 0 Å². The van der Waals surface area contributed by atoms with Crippen LogP contribution in [-0.2, 0) is 10.2 Å². The van der Waals surface area contributed by atoms with Crippen molar-refractivity contribution in [3.05, 3.63) is 0 Å². The molecule has 0 amide bonds. The maximum atomic E-state index is 11.7. The molecule has 15 heavy (non-hydrogen) atoms. The standard InChI is InChI=1S/C9H19N3O2S/c10-9(8-3-4-8)7-11-15(13,14)12-5-1-2-6-12/h8-9,11H,1-7,10H2. The molecule has 1 atom stereocenters. The van der Waals surface area contributed by atoms with Crippen LogP contribution in [-0.4, -0.2) is 38.4 Å². The first-order chi connectivity index (χ1) is 7.09. The summed E-state index contributed by atoms with van der Waals surface area (Å²) < 4.78 is 27.6. The normalized spacial score (nSPS) is 25.7. The van der Waals surface area contributed by atoms with E-state index in [-0.39, 0.29) is 6.04 Å². The van der Waals surface area contributed by atoms with Gasteiger partial charge in [0.15, 0.2) is 0 Å². The average Bonchev–Trinajstić information content (AvgIpc) is 2.89. The zero-order chi connectivity index (χ0) is 10.9. The highest BCUT2D eigenvalue weighted by Gasteiger charge is 2.31. The average molecular weight is 233 g/mol. The molecule has 1 unspecified atom stereocenters. The third kappa shape index (κ3) is 2.90. The molecule has 6 heteroatoms. The fraction of sp³-hybridized carbons (Fsp3) is 1.00. The van der Waals surface area contributed by atoms with Crippen LogP contribution >= 0.6 is 0 Å². The summed E-state index contributed by atoms with van der Waals surface area (Å²) in [6.45, 7) is 1.67. The van der Waals surface area contributed by atoms with E-state index in [1.807, 2.05) is 0 Å². The molecule has 0 aromatic rings. The van der Waals surface area contributed by atoms with Gasteiger partial charge < -0.3 is 5.73 Å². The Kier molecular flexibility index (Phi) is 3.30. The van der Waals surface area contributed by atoms with Crippen LogP contribution in [0.2, 0.25) is 0 Å². The molecule has 0 aromatic carbocycles. The van der Waals surface area contributed by atoms with Gasteiger partial charge in [-0.2, -0.15) is 12.7 Å². The second-order valence-electron chi connectivity index (χ2n) is 4.46. The second kappa shape index (κ2) is 4.37. The Bertz CT molecular complexity index is 307. The van der Waals surface area contributed by atoms with Crippen LogP contribution in [0.25, 0.3) is 0 Å². The summed E-state index contributed by atoms with van der Waals surface area (Å²) in [5.41, 5.74) is 5.84. The minimum Gasteiger partial charge on any atom is -0.326 e. The summed E-state index contributed by atoms with van der Waals surface area (Å²) >= 11 is 0. The molecule has 0 bridgehead atoms. The lowest BCUT2D eigenvalue weighted by Gasteiger charge is -2.18. The molecule has 1 saturated heterocycles. The highest BCUT2D eigenvalue weighted by molar-refractivity contribution is 7.87. The molecule has 2 fully saturated rings. The Balaban J connectivity index is 1.81. The van der Waals surface area contributed by atoms with Gasteiger partial charge in [-0.25, -0.2) is 4.72 Å². The maximum Gasteiger partial charge on any atom is 0.279 e. The molecule has 88 valence electrons. The van der Waals surface area contributed by atoms with Crippen LogP contribution in [0.15, 0.2) is 0 Å². The number of nitrogens with one attached hydrogen (secondary N) is 1. The van der Waals surface area contributed by atoms with Crippen molar-refractivity contribution in [2.45, 2.75) is 31.7 Å². The summed E-state index contributed by atoms with van der Waals surface area (Å²) in [7, 11) is -3.26. The molecule has 1 saturated carbocycles. The quantitative estimate of drug-likeness (QED) is 0.682. The lowest BCUT2D eigenvalue weighted by Crippen LogP contribution is -2.44. The van der Waals surface area contributed by atoms with Gasteiger partial charge in [-0.1, -0.05) is 0 Å². The van der Waals surface area contributed by atoms with E-state index in [1.165, 1.54) is 4.31 Å². The summed E-state index contributed by atoms with van der Waals surface area (Å²) in [6, 6.07) is -0.0117. The highest BCUT2D eigenvalue weighted by Crippen LogP contribution is 2.31. The fourth-order valence-corrected chi connectivity index (χ4v) is 3.24. The smallest absolute Gasteiger partial charge is 0.279 e. The molecule has 1 heterocycles. The van der Waals surface area contributed by atoms with Crippen LogP contribution < -0.4 is 10.5 Å². The van der Waals surface area contributed by atoms with Gasteiger partial charge in [0.1, 0.15) is 0 Å². The first kappa shape index (κ1) is 11.3. The third-order valence-electron chi connectivity index (χ3n) is 3.13. The van der Waals surface area contributed by atoms with E-state index in [4.69, 9.17) is 5.73 Å². The van der Waals surface area contributed by atoms with Crippen molar-refractivity contribution < 1.29 is 8.42 Å². The van der Waals surface area contributed by atoms with Gasteiger partial charge in [0.25, 0.3) is 10.2 Å². The molecule has 1 aliphatic heterocycles. The predicted octanol–water partition coefficient (Wildman–Crippen LogP) is -0.346. The molecule has 0 radical (unpaired) electrons. The van der Waals surface area contributed by atoms with E-state index in [9.17, 15) is 8.42 Å². The minimum absolute atomic E-state index is 0.0117. The number of rotatable bonds is 5. The maximum absolute atomic E-state index is 11.7. The van der Waals surface area contributed by atoms with Gasteiger partial charge in [0, 0.05) is 25.7 Å². The van der Waals surface area contributed by atoms with Crippen LogP contribution in [0.4, 0.5) is 0 Å². The number of nitrogens with zero attached hydrogens (tertiary/aromatic N) is 1. The Morgan fingerprint density at radius 1 is 1.33 bits per heavy atom. The zero-order valence-electron chi connectivity index (χ0n) is 8.85. The van der Waals surface area contributed by atoms with E-state index in [2.05, 4.69) is 4.72 Å². The van der Waals surface area contributed by atoms with Crippen LogP contribution in [0.5, 0.6) is 0 Å². The number of nitrogens with two attached hydrogens (primary N) is 1. The molecule has 3 N–H and O–H groups in total. The van der Waals surface area contributed by atoms with Crippen LogP contribution in [0, 0.1) is 5.92 Å². The van der Waals surface area contributed by atoms with Gasteiger partial charge >= 0.3 is 0 Å². The predicted molar refractivity (Wildman–Crippen MR) is 58.4 cm³/mol. The van der Waals surface area contributed by atoms with Gasteiger partial charge in [-0.15, -0.1) is 0 Å². The first-order valence-corrected chi connectivity index (χ1v) is 7.04. The van der Waals surface area contributed by atoms with E-state index in [0.29, 0.717) is 25.6 Å². The van der Waals surface area contributed by atoms with Gasteiger partial charge in [0.2, 0.25) is 0 Å². The SMILES string of the molecule is NC(CNS(=O)(=O)N1CCCC1)C1CC1. The molecule has 5 nitrogen and oxygen atoms in total. The first-order valence-electron chi connectivity index (χ1n) is 5.60. The van der Waals surface area contributed by atoms with Crippen molar-refractivity contribution in [2.75, 3.05) is 19.6 Å². The monoisotopic (exact) mass is 233 g/mol. The number of hydrogen-bond acceptors (Lipinski definition) is 3. The molecule has 2 rings (SSSR count). The highest BCUT2D eigenvalue weighted by atomic mass is 32.2. The van der Waals surface area contributed by atoms with E-state index < -0.39 is 10.2 Å². The Morgan fingerprint density at radius 2 is 1.93 bits per heavy atom. The fourth-order valence-electron chi connectivity index (χ4n) is 1.91. The molecule has 1 aliphatic carbocycles. The van der Waals surface area contributed by atoms with Gasteiger partial charge in [0.05, 0.1) is 0 Å². The minimum atomic E-state index is -3.26. The molecular weight excluding hydrogens is 214 g/mol. The summed E-state index contributed by atoms with van der Waals surface area (Å²) in [5.74, 6) is 0.534. The van der Waals surface area contributed by atoms with Gasteiger partial charge in [-0.3, -0.25) is 0 Å². The lowest BCUT2D eigenvalue weighted by atomic mass is 10.2. The Morgan fingerprint density at radius 3 is 2.47 bits per heavy atom. The molecule has 0 aromatic heterocycles. The number of hydrogen-bond donors (Lipinski definition) is 2. The molecule has 0 spiro atoms. The van der Waals surface area contributed by atoms with Crippen molar-refractivity contribution in [1.82, 2.24) is 9.03 Å². The van der Waals surface area contributed by atoms with Crippen molar-refractivity contribution >= 4 is 10.2 Å². The van der Waals surface area contributed by atoms with Gasteiger partial charge in [-0.05, 0) is 31.6 Å². The van der Waals surface area contributed by atoms with E-state index >= 15 is 0 Å². The second-order valence-corrected chi connectivity index (χ2v) is 6.22.